The summed E-state index contributed by atoms with van der Waals surface area (Å²) >= 11 is 3.40. The normalized spacial score (nSPS) is 10.8. The summed E-state index contributed by atoms with van der Waals surface area (Å²) in [5, 5.41) is 0. The van der Waals surface area contributed by atoms with E-state index in [-0.39, 0.29) is 0 Å². The number of rotatable bonds is 16. The molecule has 0 atom stereocenters. The number of methoxy groups -OCH3 is 2. The molecule has 8 aromatic carbocycles. The highest BCUT2D eigenvalue weighted by atomic mass is 32.2. The zero-order chi connectivity index (χ0) is 40.2. The van der Waals surface area contributed by atoms with Gasteiger partial charge in [0.15, 0.2) is 0 Å². The lowest BCUT2D eigenvalue weighted by atomic mass is 10.0. The zero-order valence-corrected chi connectivity index (χ0v) is 34.4. The molecule has 0 aliphatic rings. The van der Waals surface area contributed by atoms with Crippen molar-refractivity contribution < 1.29 is 23.7 Å². The summed E-state index contributed by atoms with van der Waals surface area (Å²) in [6, 6.07) is 65.5. The van der Waals surface area contributed by atoms with Gasteiger partial charge in [0.2, 0.25) is 0 Å². The van der Waals surface area contributed by atoms with Crippen LogP contribution in [0.25, 0.3) is 0 Å². The number of hydrogen-bond donors (Lipinski definition) is 0. The Bertz CT molecular complexity index is 2340. The second kappa shape index (κ2) is 19.3. The van der Waals surface area contributed by atoms with E-state index in [1.165, 1.54) is 22.3 Å². The average Bonchev–Trinajstić information content (AvgIpc) is 3.28. The first kappa shape index (κ1) is 39.3. The Morgan fingerprint density at radius 3 is 0.661 bits per heavy atom. The second-order valence-corrected chi connectivity index (χ2v) is 16.0. The van der Waals surface area contributed by atoms with Crippen molar-refractivity contribution in [2.75, 3.05) is 14.2 Å². The third-order valence-electron chi connectivity index (χ3n) is 9.45. The van der Waals surface area contributed by atoms with Gasteiger partial charge >= 0.3 is 0 Å². The van der Waals surface area contributed by atoms with Crippen LogP contribution in [0, 0.1) is 0 Å². The lowest BCUT2D eigenvalue weighted by Gasteiger charge is -2.10. The largest absolute Gasteiger partial charge is 0.497 e. The van der Waals surface area contributed by atoms with E-state index in [0.717, 1.165) is 78.4 Å². The van der Waals surface area contributed by atoms with Crippen molar-refractivity contribution in [2.24, 2.45) is 0 Å². The SMILES string of the molecule is COc1ccc(Cc2ccc(Oc3ccc(Sc4ccc(Oc5ccc(Cc6ccc(Oc7ccc(Sc8ccc(OC)cc8)cc7)cc6)cc5)cc4)cc3)cc2)cc1. The molecule has 0 saturated heterocycles. The van der Waals surface area contributed by atoms with Gasteiger partial charge in [-0.2, -0.15) is 0 Å². The Labute approximate surface area is 354 Å². The molecule has 0 aromatic heterocycles. The molecule has 0 spiro atoms. The van der Waals surface area contributed by atoms with Crippen LogP contribution in [0.3, 0.4) is 0 Å². The van der Waals surface area contributed by atoms with E-state index in [9.17, 15) is 0 Å². The van der Waals surface area contributed by atoms with E-state index in [4.69, 9.17) is 23.7 Å². The molecule has 8 rings (SSSR count). The molecule has 0 aliphatic heterocycles. The predicted octanol–water partition coefficient (Wildman–Crippen LogP) is 14.6. The quantitative estimate of drug-likeness (QED) is 0.0963. The summed E-state index contributed by atoms with van der Waals surface area (Å²) in [7, 11) is 3.36. The monoisotopic (exact) mass is 810 g/mol. The van der Waals surface area contributed by atoms with Crippen LogP contribution in [0.1, 0.15) is 22.3 Å². The topological polar surface area (TPSA) is 46.2 Å². The second-order valence-electron chi connectivity index (χ2n) is 13.7. The highest BCUT2D eigenvalue weighted by Gasteiger charge is 2.06. The summed E-state index contributed by atoms with van der Waals surface area (Å²) in [6.45, 7) is 0. The molecule has 7 heteroatoms. The third kappa shape index (κ3) is 11.3. The molecular formula is C52H42O5S2. The molecule has 0 heterocycles. The Morgan fingerprint density at radius 1 is 0.254 bits per heavy atom. The van der Waals surface area contributed by atoms with Crippen LogP contribution in [-0.4, -0.2) is 14.2 Å². The maximum absolute atomic E-state index is 6.17. The first-order valence-corrected chi connectivity index (χ1v) is 20.9. The minimum Gasteiger partial charge on any atom is -0.497 e. The smallest absolute Gasteiger partial charge is 0.127 e. The van der Waals surface area contributed by atoms with Crippen molar-refractivity contribution in [3.05, 3.63) is 216 Å². The van der Waals surface area contributed by atoms with Gasteiger partial charge in [-0.05, 0) is 181 Å². The zero-order valence-electron chi connectivity index (χ0n) is 32.7. The van der Waals surface area contributed by atoms with Gasteiger partial charge in [0.25, 0.3) is 0 Å². The van der Waals surface area contributed by atoms with Gasteiger partial charge in [0.1, 0.15) is 46.0 Å². The van der Waals surface area contributed by atoms with Crippen LogP contribution in [0.2, 0.25) is 0 Å². The Morgan fingerprint density at radius 2 is 0.441 bits per heavy atom. The average molecular weight is 811 g/mol. The van der Waals surface area contributed by atoms with Crippen molar-refractivity contribution in [3.8, 4) is 46.0 Å². The summed E-state index contributed by atoms with van der Waals surface area (Å²) in [5.74, 6) is 6.53. The maximum atomic E-state index is 6.17. The number of benzene rings is 8. The fourth-order valence-corrected chi connectivity index (χ4v) is 7.93. The van der Waals surface area contributed by atoms with Gasteiger partial charge in [-0.1, -0.05) is 72.1 Å². The highest BCUT2D eigenvalue weighted by Crippen LogP contribution is 2.34. The van der Waals surface area contributed by atoms with E-state index < -0.39 is 0 Å². The van der Waals surface area contributed by atoms with Gasteiger partial charge < -0.3 is 23.7 Å². The number of hydrogen-bond acceptors (Lipinski definition) is 7. The van der Waals surface area contributed by atoms with Crippen molar-refractivity contribution in [1.29, 1.82) is 0 Å². The molecule has 0 fully saturated rings. The van der Waals surface area contributed by atoms with Crippen molar-refractivity contribution in [2.45, 2.75) is 32.4 Å². The summed E-state index contributed by atoms with van der Waals surface area (Å²) in [4.78, 5) is 4.56. The Balaban J connectivity index is 0.769. The highest BCUT2D eigenvalue weighted by molar-refractivity contribution is 7.99. The molecule has 292 valence electrons. The third-order valence-corrected chi connectivity index (χ3v) is 11.5. The van der Waals surface area contributed by atoms with E-state index in [1.54, 1.807) is 37.7 Å². The summed E-state index contributed by atoms with van der Waals surface area (Å²) < 4.78 is 28.9. The fraction of sp³-hybridized carbons (Fsp3) is 0.0769. The van der Waals surface area contributed by atoms with Crippen molar-refractivity contribution in [3.63, 3.8) is 0 Å². The molecule has 0 unspecified atom stereocenters. The first-order valence-electron chi connectivity index (χ1n) is 19.3. The van der Waals surface area contributed by atoms with Crippen LogP contribution in [0.4, 0.5) is 0 Å². The van der Waals surface area contributed by atoms with Gasteiger partial charge in [0.05, 0.1) is 14.2 Å². The minimum atomic E-state index is 0.794. The van der Waals surface area contributed by atoms with Gasteiger partial charge in [-0.15, -0.1) is 0 Å². The summed E-state index contributed by atoms with van der Waals surface area (Å²) in [5.41, 5.74) is 4.88. The van der Waals surface area contributed by atoms with Gasteiger partial charge in [0, 0.05) is 19.6 Å². The van der Waals surface area contributed by atoms with E-state index >= 15 is 0 Å². The van der Waals surface area contributed by atoms with Crippen molar-refractivity contribution in [1.82, 2.24) is 0 Å². The molecule has 5 nitrogen and oxygen atoms in total. The minimum absolute atomic E-state index is 0.794. The molecule has 0 saturated carbocycles. The van der Waals surface area contributed by atoms with Crippen LogP contribution >= 0.6 is 23.5 Å². The van der Waals surface area contributed by atoms with Crippen LogP contribution in [0.5, 0.6) is 46.0 Å². The molecule has 0 radical (unpaired) electrons. The van der Waals surface area contributed by atoms with E-state index in [0.29, 0.717) is 0 Å². The van der Waals surface area contributed by atoms with Crippen LogP contribution < -0.4 is 23.7 Å². The number of ether oxygens (including phenoxy) is 5. The molecule has 0 bridgehead atoms. The molecule has 0 aliphatic carbocycles. The van der Waals surface area contributed by atoms with Gasteiger partial charge in [-0.3, -0.25) is 0 Å². The lowest BCUT2D eigenvalue weighted by molar-refractivity contribution is 0.414. The fourth-order valence-electron chi connectivity index (χ4n) is 6.29. The first-order chi connectivity index (χ1) is 29.0. The Kier molecular flexibility index (Phi) is 12.8. The van der Waals surface area contributed by atoms with Crippen molar-refractivity contribution >= 4 is 23.5 Å². The van der Waals surface area contributed by atoms with E-state index in [1.807, 2.05) is 97.1 Å². The van der Waals surface area contributed by atoms with Crippen LogP contribution in [0.15, 0.2) is 214 Å². The predicted molar refractivity (Wildman–Crippen MR) is 239 cm³/mol. The Hall–Kier alpha value is -6.54. The summed E-state index contributed by atoms with van der Waals surface area (Å²) in [6.07, 6.45) is 1.67. The van der Waals surface area contributed by atoms with E-state index in [2.05, 4.69) is 97.1 Å². The molecular weight excluding hydrogens is 769 g/mol. The molecule has 59 heavy (non-hydrogen) atoms. The standard InChI is InChI=1S/C52H42O5S2/c1-53-41-11-3-37(4-12-41)35-38-5-13-43(14-6-38)55-47-23-31-51(32-24-47)59-52-33-25-48(26-34-52)57-45-17-9-40(10-18-45)36-39-7-15-44(16-8-39)56-46-21-29-50(30-22-46)58-49-27-19-42(54-2)20-28-49/h3-34H,35-36H2,1-2H3. The molecule has 0 N–H and O–H groups in total. The lowest BCUT2D eigenvalue weighted by Crippen LogP contribution is -1.90. The van der Waals surface area contributed by atoms with Gasteiger partial charge in [-0.25, -0.2) is 0 Å². The van der Waals surface area contributed by atoms with Crippen LogP contribution in [-0.2, 0) is 12.8 Å². The molecule has 8 aromatic rings. The maximum Gasteiger partial charge on any atom is 0.127 e. The molecule has 0 amide bonds.